The third kappa shape index (κ3) is 3.53. The van der Waals surface area contributed by atoms with Gasteiger partial charge in [0.25, 0.3) is 0 Å². The van der Waals surface area contributed by atoms with Crippen molar-refractivity contribution in [3.63, 3.8) is 0 Å². The van der Waals surface area contributed by atoms with Crippen molar-refractivity contribution in [1.29, 1.82) is 0 Å². The number of carbonyl (C=O) groups excluding carboxylic acids is 1. The summed E-state index contributed by atoms with van der Waals surface area (Å²) in [4.78, 5) is 29.2. The Morgan fingerprint density at radius 3 is 2.50 bits per heavy atom. The van der Waals surface area contributed by atoms with Crippen molar-refractivity contribution in [2.45, 2.75) is 12.5 Å². The van der Waals surface area contributed by atoms with Gasteiger partial charge in [0.2, 0.25) is 0 Å². The molecule has 0 spiro atoms. The summed E-state index contributed by atoms with van der Waals surface area (Å²) in [5.41, 5.74) is 1.77. The SMILES string of the molecule is O=C(O)C1CN(C(=O)OCc2ccccc2)CC1c1ccncc1. The zero-order valence-corrected chi connectivity index (χ0v) is 13.0. The Kier molecular flexibility index (Phi) is 4.74. The van der Waals surface area contributed by atoms with Crippen molar-refractivity contribution in [2.24, 2.45) is 5.92 Å². The van der Waals surface area contributed by atoms with E-state index in [0.29, 0.717) is 6.54 Å². The van der Waals surface area contributed by atoms with Gasteiger partial charge in [-0.1, -0.05) is 30.3 Å². The van der Waals surface area contributed by atoms with E-state index < -0.39 is 18.0 Å². The fourth-order valence-electron chi connectivity index (χ4n) is 2.96. The maximum Gasteiger partial charge on any atom is 0.410 e. The number of rotatable bonds is 4. The maximum absolute atomic E-state index is 12.3. The van der Waals surface area contributed by atoms with E-state index in [4.69, 9.17) is 4.74 Å². The van der Waals surface area contributed by atoms with Gasteiger partial charge in [-0.25, -0.2) is 4.79 Å². The molecule has 0 radical (unpaired) electrons. The molecule has 24 heavy (non-hydrogen) atoms. The van der Waals surface area contributed by atoms with Crippen LogP contribution >= 0.6 is 0 Å². The van der Waals surface area contributed by atoms with Gasteiger partial charge in [-0.05, 0) is 23.3 Å². The Hall–Kier alpha value is -2.89. The fraction of sp³-hybridized carbons (Fsp3) is 0.278. The first-order valence-corrected chi connectivity index (χ1v) is 7.73. The van der Waals surface area contributed by atoms with Gasteiger partial charge >= 0.3 is 12.1 Å². The second-order valence-corrected chi connectivity index (χ2v) is 5.78. The van der Waals surface area contributed by atoms with Crippen molar-refractivity contribution in [3.8, 4) is 0 Å². The van der Waals surface area contributed by atoms with E-state index in [9.17, 15) is 14.7 Å². The van der Waals surface area contributed by atoms with Gasteiger partial charge in [-0.15, -0.1) is 0 Å². The first-order valence-electron chi connectivity index (χ1n) is 7.73. The molecule has 2 aromatic rings. The van der Waals surface area contributed by atoms with Gasteiger partial charge < -0.3 is 14.7 Å². The summed E-state index contributed by atoms with van der Waals surface area (Å²) in [6, 6.07) is 13.0. The van der Waals surface area contributed by atoms with Crippen molar-refractivity contribution < 1.29 is 19.4 Å². The molecule has 1 aliphatic rings. The van der Waals surface area contributed by atoms with Crippen LogP contribution in [0, 0.1) is 5.92 Å². The zero-order chi connectivity index (χ0) is 16.9. The summed E-state index contributed by atoms with van der Waals surface area (Å²) < 4.78 is 5.31. The van der Waals surface area contributed by atoms with E-state index >= 15 is 0 Å². The third-order valence-electron chi connectivity index (χ3n) is 4.23. The van der Waals surface area contributed by atoms with Crippen LogP contribution < -0.4 is 0 Å². The lowest BCUT2D eigenvalue weighted by molar-refractivity contribution is -0.141. The van der Waals surface area contributed by atoms with Crippen molar-refractivity contribution in [2.75, 3.05) is 13.1 Å². The predicted octanol–water partition coefficient (Wildman–Crippen LogP) is 2.52. The van der Waals surface area contributed by atoms with Crippen LogP contribution in [0.1, 0.15) is 17.0 Å². The zero-order valence-electron chi connectivity index (χ0n) is 13.0. The molecule has 1 aliphatic heterocycles. The highest BCUT2D eigenvalue weighted by atomic mass is 16.6. The monoisotopic (exact) mass is 326 g/mol. The second-order valence-electron chi connectivity index (χ2n) is 5.78. The number of hydrogen-bond donors (Lipinski definition) is 1. The molecule has 1 saturated heterocycles. The summed E-state index contributed by atoms with van der Waals surface area (Å²) >= 11 is 0. The lowest BCUT2D eigenvalue weighted by atomic mass is 9.90. The molecule has 0 bridgehead atoms. The van der Waals surface area contributed by atoms with Crippen molar-refractivity contribution in [3.05, 3.63) is 66.0 Å². The maximum atomic E-state index is 12.3. The Labute approximate surface area is 139 Å². The number of carbonyl (C=O) groups is 2. The molecule has 1 amide bonds. The molecular weight excluding hydrogens is 308 g/mol. The number of hydrogen-bond acceptors (Lipinski definition) is 4. The number of benzene rings is 1. The molecule has 2 atom stereocenters. The van der Waals surface area contributed by atoms with E-state index in [1.807, 2.05) is 30.3 Å². The average Bonchev–Trinajstić information content (AvgIpc) is 3.07. The Morgan fingerprint density at radius 1 is 1.12 bits per heavy atom. The minimum atomic E-state index is -0.907. The second kappa shape index (κ2) is 7.12. The first kappa shape index (κ1) is 16.0. The van der Waals surface area contributed by atoms with E-state index in [2.05, 4.69) is 4.98 Å². The fourth-order valence-corrected chi connectivity index (χ4v) is 2.96. The van der Waals surface area contributed by atoms with Crippen LogP contribution in [0.3, 0.4) is 0 Å². The van der Waals surface area contributed by atoms with Gasteiger partial charge in [0.15, 0.2) is 0 Å². The smallest absolute Gasteiger partial charge is 0.410 e. The summed E-state index contributed by atoms with van der Waals surface area (Å²) in [7, 11) is 0. The summed E-state index contributed by atoms with van der Waals surface area (Å²) in [6.07, 6.45) is 2.77. The minimum Gasteiger partial charge on any atom is -0.481 e. The number of likely N-dealkylation sites (tertiary alicyclic amines) is 1. The molecule has 1 N–H and O–H groups in total. The summed E-state index contributed by atoms with van der Waals surface area (Å²) in [5.74, 6) is -1.80. The highest BCUT2D eigenvalue weighted by molar-refractivity contribution is 5.75. The van der Waals surface area contributed by atoms with Gasteiger partial charge in [-0.2, -0.15) is 0 Å². The van der Waals surface area contributed by atoms with Gasteiger partial charge in [0, 0.05) is 31.4 Å². The van der Waals surface area contributed by atoms with E-state index in [-0.39, 0.29) is 19.1 Å². The standard InChI is InChI=1S/C18H18N2O4/c21-17(22)16-11-20(10-15(16)14-6-8-19-9-7-14)18(23)24-12-13-4-2-1-3-5-13/h1-9,15-16H,10-12H2,(H,21,22). The Morgan fingerprint density at radius 2 is 1.83 bits per heavy atom. The number of aromatic nitrogens is 1. The van der Waals surface area contributed by atoms with E-state index in [0.717, 1.165) is 11.1 Å². The summed E-state index contributed by atoms with van der Waals surface area (Å²) in [5, 5.41) is 9.46. The average molecular weight is 326 g/mol. The first-order chi connectivity index (χ1) is 11.6. The van der Waals surface area contributed by atoms with Gasteiger partial charge in [0.05, 0.1) is 5.92 Å². The molecule has 1 aromatic carbocycles. The van der Waals surface area contributed by atoms with Crippen molar-refractivity contribution >= 4 is 12.1 Å². The van der Waals surface area contributed by atoms with Crippen molar-refractivity contribution in [1.82, 2.24) is 9.88 Å². The number of ether oxygens (including phenoxy) is 1. The number of nitrogens with zero attached hydrogens (tertiary/aromatic N) is 2. The van der Waals surface area contributed by atoms with Crippen LogP contribution in [-0.2, 0) is 16.1 Å². The van der Waals surface area contributed by atoms with Gasteiger partial charge in [-0.3, -0.25) is 9.78 Å². The quantitative estimate of drug-likeness (QED) is 0.934. The molecule has 6 heteroatoms. The third-order valence-corrected chi connectivity index (χ3v) is 4.23. The van der Waals surface area contributed by atoms with Crippen LogP contribution in [0.2, 0.25) is 0 Å². The minimum absolute atomic E-state index is 0.149. The highest BCUT2D eigenvalue weighted by Gasteiger charge is 2.41. The normalized spacial score (nSPS) is 19.9. The molecule has 1 fully saturated rings. The molecule has 3 rings (SSSR count). The largest absolute Gasteiger partial charge is 0.481 e. The number of carboxylic acid groups (broad SMARTS) is 1. The van der Waals surface area contributed by atoms with E-state index in [1.165, 1.54) is 4.90 Å². The predicted molar refractivity (Wildman–Crippen MR) is 86.3 cm³/mol. The van der Waals surface area contributed by atoms with Crippen LogP contribution in [0.15, 0.2) is 54.9 Å². The summed E-state index contributed by atoms with van der Waals surface area (Å²) in [6.45, 7) is 0.651. The van der Waals surface area contributed by atoms with E-state index in [1.54, 1.807) is 24.5 Å². The number of amides is 1. The lowest BCUT2D eigenvalue weighted by Gasteiger charge is -2.16. The van der Waals surface area contributed by atoms with Crippen LogP contribution in [0.4, 0.5) is 4.79 Å². The van der Waals surface area contributed by atoms with Crippen LogP contribution in [-0.4, -0.2) is 40.1 Å². The van der Waals surface area contributed by atoms with Gasteiger partial charge in [0.1, 0.15) is 6.61 Å². The molecule has 2 unspecified atom stereocenters. The molecule has 6 nitrogen and oxygen atoms in total. The number of pyridine rings is 1. The number of aliphatic carboxylic acids is 1. The molecular formula is C18H18N2O4. The molecule has 2 heterocycles. The van der Waals surface area contributed by atoms with Crippen LogP contribution in [0.25, 0.3) is 0 Å². The lowest BCUT2D eigenvalue weighted by Crippen LogP contribution is -2.30. The molecule has 0 saturated carbocycles. The highest BCUT2D eigenvalue weighted by Crippen LogP contribution is 2.33. The molecule has 0 aliphatic carbocycles. The topological polar surface area (TPSA) is 79.7 Å². The number of carboxylic acids is 1. The Bertz CT molecular complexity index is 705. The molecule has 1 aromatic heterocycles. The van der Waals surface area contributed by atoms with Crippen LogP contribution in [0.5, 0.6) is 0 Å². The Balaban J connectivity index is 1.66. The molecule has 124 valence electrons.